The molecular weight excluding hydrogens is 214 g/mol. The second kappa shape index (κ2) is 3.91. The van der Waals surface area contributed by atoms with Crippen LogP contribution in [0.1, 0.15) is 31.7 Å². The van der Waals surface area contributed by atoms with E-state index in [4.69, 9.17) is 5.73 Å². The van der Waals surface area contributed by atoms with Crippen molar-refractivity contribution in [2.45, 2.75) is 31.7 Å². The molecule has 1 aliphatic carbocycles. The zero-order valence-electron chi connectivity index (χ0n) is 10.0. The van der Waals surface area contributed by atoms with Crippen LogP contribution in [0.3, 0.4) is 0 Å². The van der Waals surface area contributed by atoms with Crippen molar-refractivity contribution in [1.29, 1.82) is 0 Å². The lowest BCUT2D eigenvalue weighted by Gasteiger charge is -2.08. The minimum atomic E-state index is 0.530. The van der Waals surface area contributed by atoms with Crippen LogP contribution in [0.2, 0.25) is 0 Å². The van der Waals surface area contributed by atoms with E-state index in [2.05, 4.69) is 10.2 Å². The fourth-order valence-corrected chi connectivity index (χ4v) is 2.53. The molecule has 0 bridgehead atoms. The predicted molar refractivity (Wildman–Crippen MR) is 66.3 cm³/mol. The highest BCUT2D eigenvalue weighted by Gasteiger charge is 2.20. The fraction of sp³-hybridized carbons (Fsp3) is 0.500. The summed E-state index contributed by atoms with van der Waals surface area (Å²) in [6.45, 7) is 0. The highest BCUT2D eigenvalue weighted by molar-refractivity contribution is 5.70. The Bertz CT molecular complexity index is 519. The summed E-state index contributed by atoms with van der Waals surface area (Å²) in [7, 11) is 1.90. The number of aromatic nitrogens is 4. The molecule has 0 spiro atoms. The van der Waals surface area contributed by atoms with Crippen LogP contribution in [0.5, 0.6) is 0 Å². The molecule has 0 radical (unpaired) electrons. The summed E-state index contributed by atoms with van der Waals surface area (Å²) in [5.74, 6) is 0. The smallest absolute Gasteiger partial charge is 0.118 e. The van der Waals surface area contributed by atoms with E-state index in [0.29, 0.717) is 6.04 Å². The van der Waals surface area contributed by atoms with Gasteiger partial charge in [-0.2, -0.15) is 10.2 Å². The van der Waals surface area contributed by atoms with Crippen molar-refractivity contribution in [3.05, 3.63) is 18.6 Å². The number of aryl methyl sites for hydroxylation is 1. The summed E-state index contributed by atoms with van der Waals surface area (Å²) in [5, 5.41) is 8.77. The van der Waals surface area contributed by atoms with Crippen LogP contribution < -0.4 is 5.73 Å². The van der Waals surface area contributed by atoms with Gasteiger partial charge in [0, 0.05) is 25.0 Å². The molecule has 1 aliphatic rings. The molecule has 0 aliphatic heterocycles. The van der Waals surface area contributed by atoms with Crippen molar-refractivity contribution in [2.24, 2.45) is 7.05 Å². The molecule has 0 saturated heterocycles. The topological polar surface area (TPSA) is 61.7 Å². The van der Waals surface area contributed by atoms with Crippen molar-refractivity contribution in [1.82, 2.24) is 19.6 Å². The second-order valence-corrected chi connectivity index (χ2v) is 4.75. The van der Waals surface area contributed by atoms with Gasteiger partial charge in [-0.1, -0.05) is 12.8 Å². The third kappa shape index (κ3) is 1.81. The first-order valence-corrected chi connectivity index (χ1v) is 6.07. The lowest BCUT2D eigenvalue weighted by molar-refractivity contribution is 0.468. The van der Waals surface area contributed by atoms with Gasteiger partial charge in [-0.15, -0.1) is 0 Å². The minimum Gasteiger partial charge on any atom is -0.396 e. The van der Waals surface area contributed by atoms with E-state index >= 15 is 0 Å². The van der Waals surface area contributed by atoms with E-state index in [1.165, 1.54) is 25.7 Å². The lowest BCUT2D eigenvalue weighted by Crippen LogP contribution is -2.04. The average molecular weight is 231 g/mol. The summed E-state index contributed by atoms with van der Waals surface area (Å²) in [4.78, 5) is 0. The molecule has 5 heteroatoms. The van der Waals surface area contributed by atoms with Gasteiger partial charge in [-0.25, -0.2) is 0 Å². The molecule has 17 heavy (non-hydrogen) atoms. The molecule has 0 amide bonds. The first kappa shape index (κ1) is 10.4. The summed E-state index contributed by atoms with van der Waals surface area (Å²) >= 11 is 0. The number of anilines is 1. The molecule has 2 heterocycles. The number of nitrogen functional groups attached to an aromatic ring is 1. The Hall–Kier alpha value is -1.78. The normalized spacial score (nSPS) is 16.8. The summed E-state index contributed by atoms with van der Waals surface area (Å²) < 4.78 is 3.80. The van der Waals surface area contributed by atoms with E-state index in [9.17, 15) is 0 Å². The van der Waals surface area contributed by atoms with Crippen molar-refractivity contribution in [2.75, 3.05) is 5.73 Å². The Kier molecular flexibility index (Phi) is 2.39. The van der Waals surface area contributed by atoms with Gasteiger partial charge in [-0.3, -0.25) is 9.36 Å². The van der Waals surface area contributed by atoms with E-state index < -0.39 is 0 Å². The largest absolute Gasteiger partial charge is 0.396 e. The first-order valence-electron chi connectivity index (χ1n) is 6.07. The molecule has 2 aromatic rings. The van der Waals surface area contributed by atoms with E-state index in [-0.39, 0.29) is 0 Å². The molecule has 0 aromatic carbocycles. The number of hydrogen-bond donors (Lipinski definition) is 1. The van der Waals surface area contributed by atoms with Crippen LogP contribution in [0.25, 0.3) is 11.3 Å². The van der Waals surface area contributed by atoms with Crippen molar-refractivity contribution in [3.8, 4) is 11.3 Å². The Morgan fingerprint density at radius 1 is 1.29 bits per heavy atom. The summed E-state index contributed by atoms with van der Waals surface area (Å²) in [6.07, 6.45) is 10.7. The maximum Gasteiger partial charge on any atom is 0.118 e. The highest BCUT2D eigenvalue weighted by atomic mass is 15.3. The monoisotopic (exact) mass is 231 g/mol. The highest BCUT2D eigenvalue weighted by Crippen LogP contribution is 2.32. The number of rotatable bonds is 2. The standard InChI is InChI=1S/C12H17N5/c1-16-7-9(6-14-16)12-11(13)8-17(15-12)10-4-2-3-5-10/h6-8,10H,2-5,13H2,1H3. The fourth-order valence-electron chi connectivity index (χ4n) is 2.53. The van der Waals surface area contributed by atoms with E-state index in [1.54, 1.807) is 10.9 Å². The van der Waals surface area contributed by atoms with E-state index in [0.717, 1.165) is 16.9 Å². The van der Waals surface area contributed by atoms with Gasteiger partial charge in [0.2, 0.25) is 0 Å². The maximum absolute atomic E-state index is 6.03. The molecule has 90 valence electrons. The van der Waals surface area contributed by atoms with Crippen LogP contribution >= 0.6 is 0 Å². The Labute approximate surface area is 100 Å². The van der Waals surface area contributed by atoms with Crippen LogP contribution in [-0.4, -0.2) is 19.6 Å². The Balaban J connectivity index is 1.95. The van der Waals surface area contributed by atoms with Crippen LogP contribution in [0.4, 0.5) is 5.69 Å². The number of nitrogens with two attached hydrogens (primary N) is 1. The molecule has 1 fully saturated rings. The zero-order valence-corrected chi connectivity index (χ0v) is 10.0. The van der Waals surface area contributed by atoms with Gasteiger partial charge in [0.25, 0.3) is 0 Å². The average Bonchev–Trinajstić information content (AvgIpc) is 2.97. The summed E-state index contributed by atoms with van der Waals surface area (Å²) in [6, 6.07) is 0.530. The molecule has 3 rings (SSSR count). The lowest BCUT2D eigenvalue weighted by atomic mass is 10.2. The molecule has 0 unspecified atom stereocenters. The van der Waals surface area contributed by atoms with E-state index in [1.807, 2.05) is 24.1 Å². The van der Waals surface area contributed by atoms with Crippen molar-refractivity contribution >= 4 is 5.69 Å². The van der Waals surface area contributed by atoms with Gasteiger partial charge in [0.05, 0.1) is 17.9 Å². The SMILES string of the molecule is Cn1cc(-c2nn(C3CCCC3)cc2N)cn1. The van der Waals surface area contributed by atoms with Gasteiger partial charge >= 0.3 is 0 Å². The zero-order chi connectivity index (χ0) is 11.8. The van der Waals surface area contributed by atoms with Crippen LogP contribution in [-0.2, 0) is 7.05 Å². The molecule has 5 nitrogen and oxygen atoms in total. The quantitative estimate of drug-likeness (QED) is 0.859. The van der Waals surface area contributed by atoms with Crippen LogP contribution in [0, 0.1) is 0 Å². The third-order valence-electron chi connectivity index (χ3n) is 3.44. The van der Waals surface area contributed by atoms with Crippen LogP contribution in [0.15, 0.2) is 18.6 Å². The predicted octanol–water partition coefficient (Wildman–Crippen LogP) is 1.98. The Morgan fingerprint density at radius 2 is 2.06 bits per heavy atom. The van der Waals surface area contributed by atoms with Gasteiger partial charge in [0.15, 0.2) is 0 Å². The Morgan fingerprint density at radius 3 is 2.71 bits per heavy atom. The first-order chi connectivity index (χ1) is 8.24. The van der Waals surface area contributed by atoms with Crippen molar-refractivity contribution in [3.63, 3.8) is 0 Å². The van der Waals surface area contributed by atoms with Gasteiger partial charge in [0.1, 0.15) is 5.69 Å². The molecular formula is C12H17N5. The molecule has 1 saturated carbocycles. The molecule has 2 N–H and O–H groups in total. The minimum absolute atomic E-state index is 0.530. The number of hydrogen-bond acceptors (Lipinski definition) is 3. The molecule has 2 aromatic heterocycles. The maximum atomic E-state index is 6.03. The molecule has 0 atom stereocenters. The van der Waals surface area contributed by atoms with Gasteiger partial charge in [-0.05, 0) is 12.8 Å². The van der Waals surface area contributed by atoms with Crippen molar-refractivity contribution < 1.29 is 0 Å². The van der Waals surface area contributed by atoms with Gasteiger partial charge < -0.3 is 5.73 Å². The third-order valence-corrected chi connectivity index (χ3v) is 3.44. The second-order valence-electron chi connectivity index (χ2n) is 4.75. The number of nitrogens with zero attached hydrogens (tertiary/aromatic N) is 4. The summed E-state index contributed by atoms with van der Waals surface area (Å²) in [5.41, 5.74) is 8.61.